The molecule has 1 aliphatic rings. The Morgan fingerprint density at radius 3 is 2.58 bits per heavy atom. The third-order valence-electron chi connectivity index (χ3n) is 4.82. The first-order valence-electron chi connectivity index (χ1n) is 8.71. The van der Waals surface area contributed by atoms with Gasteiger partial charge in [-0.05, 0) is 24.5 Å². The van der Waals surface area contributed by atoms with E-state index in [4.69, 9.17) is 0 Å². The lowest BCUT2D eigenvalue weighted by Gasteiger charge is -2.32. The van der Waals surface area contributed by atoms with Crippen molar-refractivity contribution < 1.29 is 13.2 Å². The number of carbonyl (C=O) groups excluding carboxylic acids is 1. The number of benzene rings is 1. The maximum Gasteiger partial charge on any atom is 0.317 e. The molecule has 1 unspecified atom stereocenters. The minimum absolute atomic E-state index is 0.0559. The van der Waals surface area contributed by atoms with E-state index in [9.17, 15) is 13.2 Å². The Hall–Kier alpha value is -2.35. The van der Waals surface area contributed by atoms with Crippen LogP contribution in [0.2, 0.25) is 0 Å². The Morgan fingerprint density at radius 2 is 1.96 bits per heavy atom. The second kappa shape index (κ2) is 7.90. The molecule has 3 rings (SSSR count). The van der Waals surface area contributed by atoms with Crippen molar-refractivity contribution in [2.24, 2.45) is 0 Å². The van der Waals surface area contributed by atoms with E-state index in [-0.39, 0.29) is 29.6 Å². The van der Waals surface area contributed by atoms with Crippen LogP contribution in [0.4, 0.5) is 4.79 Å². The third kappa shape index (κ3) is 4.63. The molecule has 1 aliphatic heterocycles. The van der Waals surface area contributed by atoms with Gasteiger partial charge in [-0.2, -0.15) is 5.10 Å². The molecule has 1 N–H and O–H groups in total. The van der Waals surface area contributed by atoms with E-state index in [1.807, 2.05) is 42.6 Å². The standard InChI is InChI=1S/C18H24N4O3S/c1-21(16-8-12-26(24,25)13-9-16)18(23)20-17(14-22-11-5-10-19-22)15-6-3-2-4-7-15/h2-7,10-11,16-17H,8-9,12-14H2,1H3,(H,20,23). The second-order valence-corrected chi connectivity index (χ2v) is 8.94. The van der Waals surface area contributed by atoms with Gasteiger partial charge in [0.2, 0.25) is 0 Å². The number of hydrogen-bond donors (Lipinski definition) is 1. The molecule has 2 amide bonds. The maximum atomic E-state index is 12.8. The quantitative estimate of drug-likeness (QED) is 0.863. The highest BCUT2D eigenvalue weighted by Gasteiger charge is 2.29. The molecule has 140 valence electrons. The molecule has 1 aromatic heterocycles. The summed E-state index contributed by atoms with van der Waals surface area (Å²) in [6.45, 7) is 0.523. The molecule has 1 saturated heterocycles. The lowest BCUT2D eigenvalue weighted by Crippen LogP contribution is -2.48. The van der Waals surface area contributed by atoms with Gasteiger partial charge in [-0.3, -0.25) is 4.68 Å². The predicted molar refractivity (Wildman–Crippen MR) is 99.4 cm³/mol. The van der Waals surface area contributed by atoms with Crippen molar-refractivity contribution in [1.82, 2.24) is 20.0 Å². The van der Waals surface area contributed by atoms with Crippen molar-refractivity contribution in [3.05, 3.63) is 54.4 Å². The van der Waals surface area contributed by atoms with Gasteiger partial charge in [0.1, 0.15) is 9.84 Å². The first-order chi connectivity index (χ1) is 12.4. The van der Waals surface area contributed by atoms with Crippen LogP contribution in [0.1, 0.15) is 24.4 Å². The average molecular weight is 376 g/mol. The highest BCUT2D eigenvalue weighted by atomic mass is 32.2. The van der Waals surface area contributed by atoms with Gasteiger partial charge in [0.15, 0.2) is 0 Å². The van der Waals surface area contributed by atoms with Crippen LogP contribution in [0.25, 0.3) is 0 Å². The van der Waals surface area contributed by atoms with Gasteiger partial charge in [-0.15, -0.1) is 0 Å². The van der Waals surface area contributed by atoms with E-state index in [1.165, 1.54) is 0 Å². The first-order valence-corrected chi connectivity index (χ1v) is 10.5. The number of nitrogens with one attached hydrogen (secondary N) is 1. The van der Waals surface area contributed by atoms with E-state index in [0.29, 0.717) is 19.4 Å². The lowest BCUT2D eigenvalue weighted by atomic mass is 10.1. The summed E-state index contributed by atoms with van der Waals surface area (Å²) < 4.78 is 25.0. The van der Waals surface area contributed by atoms with E-state index < -0.39 is 9.84 Å². The van der Waals surface area contributed by atoms with Crippen molar-refractivity contribution in [2.45, 2.75) is 31.5 Å². The summed E-state index contributed by atoms with van der Waals surface area (Å²) in [4.78, 5) is 14.4. The van der Waals surface area contributed by atoms with Gasteiger partial charge in [0.25, 0.3) is 0 Å². The summed E-state index contributed by atoms with van der Waals surface area (Å²) in [6, 6.07) is 11.1. The molecule has 0 bridgehead atoms. The number of carbonyl (C=O) groups is 1. The van der Waals surface area contributed by atoms with Crippen molar-refractivity contribution in [3.63, 3.8) is 0 Å². The second-order valence-electron chi connectivity index (χ2n) is 6.63. The average Bonchev–Trinajstić information content (AvgIpc) is 3.14. The Bertz CT molecular complexity index is 807. The summed E-state index contributed by atoms with van der Waals surface area (Å²) >= 11 is 0. The molecule has 0 radical (unpaired) electrons. The van der Waals surface area contributed by atoms with Gasteiger partial charge in [-0.25, -0.2) is 13.2 Å². The molecule has 26 heavy (non-hydrogen) atoms. The molecule has 7 nitrogen and oxygen atoms in total. The summed E-state index contributed by atoms with van der Waals surface area (Å²) in [6.07, 6.45) is 4.54. The Morgan fingerprint density at radius 1 is 1.27 bits per heavy atom. The summed E-state index contributed by atoms with van der Waals surface area (Å²) in [5.74, 6) is 0.287. The maximum absolute atomic E-state index is 12.8. The molecule has 1 aromatic carbocycles. The van der Waals surface area contributed by atoms with Crippen LogP contribution in [0, 0.1) is 0 Å². The van der Waals surface area contributed by atoms with Crippen molar-refractivity contribution >= 4 is 15.9 Å². The number of sulfone groups is 1. The van der Waals surface area contributed by atoms with Gasteiger partial charge in [0.05, 0.1) is 24.1 Å². The fourth-order valence-corrected chi connectivity index (χ4v) is 4.66. The van der Waals surface area contributed by atoms with Gasteiger partial charge in [0, 0.05) is 25.5 Å². The predicted octanol–water partition coefficient (Wildman–Crippen LogP) is 1.84. The smallest absolute Gasteiger partial charge is 0.317 e. The van der Waals surface area contributed by atoms with Crippen LogP contribution in [0.15, 0.2) is 48.8 Å². The third-order valence-corrected chi connectivity index (χ3v) is 6.54. The molecule has 2 heterocycles. The molecular formula is C18H24N4O3S. The van der Waals surface area contributed by atoms with Crippen molar-refractivity contribution in [3.8, 4) is 0 Å². The number of hydrogen-bond acceptors (Lipinski definition) is 4. The highest BCUT2D eigenvalue weighted by Crippen LogP contribution is 2.19. The van der Waals surface area contributed by atoms with Gasteiger partial charge < -0.3 is 10.2 Å². The summed E-state index contributed by atoms with van der Waals surface area (Å²) in [5, 5.41) is 7.29. The van der Waals surface area contributed by atoms with E-state index in [2.05, 4.69) is 10.4 Å². The molecule has 0 saturated carbocycles. The van der Waals surface area contributed by atoms with Gasteiger partial charge in [-0.1, -0.05) is 30.3 Å². The first kappa shape index (κ1) is 18.4. The Balaban J connectivity index is 1.68. The summed E-state index contributed by atoms with van der Waals surface area (Å²) in [5.41, 5.74) is 0.996. The zero-order valence-corrected chi connectivity index (χ0v) is 15.6. The minimum atomic E-state index is -2.95. The number of amides is 2. The fraction of sp³-hybridized carbons (Fsp3) is 0.444. The topological polar surface area (TPSA) is 84.3 Å². The van der Waals surface area contributed by atoms with Crippen molar-refractivity contribution in [1.29, 1.82) is 0 Å². The van der Waals surface area contributed by atoms with Crippen molar-refractivity contribution in [2.75, 3.05) is 18.6 Å². The number of nitrogens with zero attached hydrogens (tertiary/aromatic N) is 3. The Labute approximate surface area is 153 Å². The molecule has 8 heteroatoms. The van der Waals surface area contributed by atoms with Crippen LogP contribution in [0.5, 0.6) is 0 Å². The molecule has 0 spiro atoms. The molecule has 2 aromatic rings. The van der Waals surface area contributed by atoms with Crippen LogP contribution < -0.4 is 5.32 Å². The zero-order valence-electron chi connectivity index (χ0n) is 14.8. The van der Waals surface area contributed by atoms with Gasteiger partial charge >= 0.3 is 6.03 Å². The SMILES string of the molecule is CN(C(=O)NC(Cn1cccn1)c1ccccc1)C1CCS(=O)(=O)CC1. The number of urea groups is 1. The van der Waals surface area contributed by atoms with Crippen LogP contribution in [0.3, 0.4) is 0 Å². The van der Waals surface area contributed by atoms with Crippen LogP contribution in [-0.2, 0) is 16.4 Å². The number of aromatic nitrogens is 2. The molecule has 0 aliphatic carbocycles. The van der Waals surface area contributed by atoms with Crippen LogP contribution in [-0.4, -0.2) is 53.7 Å². The molecule has 1 fully saturated rings. The normalized spacial score (nSPS) is 18.2. The minimum Gasteiger partial charge on any atom is -0.329 e. The van der Waals surface area contributed by atoms with E-state index in [0.717, 1.165) is 5.56 Å². The monoisotopic (exact) mass is 376 g/mol. The molecular weight excluding hydrogens is 352 g/mol. The fourth-order valence-electron chi connectivity index (χ4n) is 3.20. The van der Waals surface area contributed by atoms with Crippen LogP contribution >= 0.6 is 0 Å². The lowest BCUT2D eigenvalue weighted by molar-refractivity contribution is 0.180. The molecule has 1 atom stereocenters. The number of rotatable bonds is 5. The highest BCUT2D eigenvalue weighted by molar-refractivity contribution is 7.91. The summed E-state index contributed by atoms with van der Waals surface area (Å²) in [7, 11) is -1.22. The van der Waals surface area contributed by atoms with E-state index >= 15 is 0 Å². The van der Waals surface area contributed by atoms with E-state index in [1.54, 1.807) is 22.8 Å². The largest absolute Gasteiger partial charge is 0.329 e. The zero-order chi connectivity index (χ0) is 18.6. The Kier molecular flexibility index (Phi) is 5.61.